The molecule has 4 rings (SSSR count). The summed E-state index contributed by atoms with van der Waals surface area (Å²) in [5, 5.41) is 5.37. The summed E-state index contributed by atoms with van der Waals surface area (Å²) in [7, 11) is -3.62. The molecule has 0 aliphatic carbocycles. The first-order valence-corrected chi connectivity index (χ1v) is 13.0. The van der Waals surface area contributed by atoms with Gasteiger partial charge < -0.3 is 5.32 Å². The molecular formula is C24H27N3O3S2. The van der Waals surface area contributed by atoms with Crippen molar-refractivity contribution in [2.45, 2.75) is 38.5 Å². The third kappa shape index (κ3) is 4.77. The Bertz CT molecular complexity index is 1230. The van der Waals surface area contributed by atoms with Crippen molar-refractivity contribution in [3.63, 3.8) is 0 Å². The van der Waals surface area contributed by atoms with Gasteiger partial charge in [0.05, 0.1) is 16.5 Å². The summed E-state index contributed by atoms with van der Waals surface area (Å²) < 4.78 is 27.5. The first kappa shape index (κ1) is 22.6. The lowest BCUT2D eigenvalue weighted by Crippen LogP contribution is -2.43. The van der Waals surface area contributed by atoms with Crippen LogP contribution in [0.1, 0.15) is 29.5 Å². The van der Waals surface area contributed by atoms with Crippen molar-refractivity contribution in [2.24, 2.45) is 5.92 Å². The minimum atomic E-state index is -3.62. The van der Waals surface area contributed by atoms with E-state index < -0.39 is 15.9 Å². The highest BCUT2D eigenvalue weighted by Gasteiger charge is 2.33. The van der Waals surface area contributed by atoms with E-state index in [0.717, 1.165) is 27.9 Å². The van der Waals surface area contributed by atoms with Crippen molar-refractivity contribution in [1.82, 2.24) is 9.29 Å². The minimum Gasteiger partial charge on any atom is -0.302 e. The Labute approximate surface area is 193 Å². The second-order valence-corrected chi connectivity index (χ2v) is 11.2. The number of thiazole rings is 1. The van der Waals surface area contributed by atoms with Gasteiger partial charge in [-0.1, -0.05) is 35.4 Å². The third-order valence-electron chi connectivity index (χ3n) is 5.82. The number of aryl methyl sites for hydroxylation is 3. The van der Waals surface area contributed by atoms with E-state index in [1.54, 1.807) is 24.3 Å². The number of nitrogens with zero attached hydrogens (tertiary/aromatic N) is 2. The van der Waals surface area contributed by atoms with Gasteiger partial charge in [0, 0.05) is 24.0 Å². The number of aromatic nitrogens is 1. The van der Waals surface area contributed by atoms with E-state index in [0.29, 0.717) is 24.5 Å². The van der Waals surface area contributed by atoms with E-state index in [2.05, 4.69) is 28.5 Å². The Kier molecular flexibility index (Phi) is 6.46. The van der Waals surface area contributed by atoms with Gasteiger partial charge in [-0.05, 0) is 57.4 Å². The zero-order valence-corrected chi connectivity index (χ0v) is 20.1. The fourth-order valence-corrected chi connectivity index (χ4v) is 6.15. The van der Waals surface area contributed by atoms with Crippen LogP contribution in [0, 0.1) is 26.7 Å². The van der Waals surface area contributed by atoms with Crippen LogP contribution in [0.5, 0.6) is 0 Å². The molecule has 0 spiro atoms. The zero-order valence-electron chi connectivity index (χ0n) is 18.5. The summed E-state index contributed by atoms with van der Waals surface area (Å²) in [6.07, 6.45) is 1.30. The van der Waals surface area contributed by atoms with Crippen molar-refractivity contribution in [3.8, 4) is 11.3 Å². The van der Waals surface area contributed by atoms with Gasteiger partial charge in [0.1, 0.15) is 0 Å². The molecule has 1 fully saturated rings. The van der Waals surface area contributed by atoms with Crippen LogP contribution in [0.3, 0.4) is 0 Å². The van der Waals surface area contributed by atoms with Crippen LogP contribution in [0.25, 0.3) is 11.3 Å². The number of sulfonamides is 1. The molecule has 168 valence electrons. The molecule has 1 N–H and O–H groups in total. The monoisotopic (exact) mass is 469 g/mol. The Morgan fingerprint density at radius 1 is 1.09 bits per heavy atom. The first-order valence-electron chi connectivity index (χ1n) is 10.6. The first-order chi connectivity index (χ1) is 15.2. The van der Waals surface area contributed by atoms with Crippen LogP contribution in [0.15, 0.2) is 52.7 Å². The lowest BCUT2D eigenvalue weighted by atomic mass is 9.99. The molecular weight excluding hydrogens is 442 g/mol. The number of carbonyl (C=O) groups is 1. The fraction of sp³-hybridized carbons (Fsp3) is 0.333. The van der Waals surface area contributed by atoms with Crippen LogP contribution in [-0.4, -0.2) is 36.7 Å². The van der Waals surface area contributed by atoms with E-state index in [9.17, 15) is 13.2 Å². The van der Waals surface area contributed by atoms with Crippen LogP contribution < -0.4 is 5.32 Å². The Balaban J connectivity index is 1.46. The quantitative estimate of drug-likeness (QED) is 0.583. The topological polar surface area (TPSA) is 79.4 Å². The normalized spacial score (nSPS) is 17.3. The van der Waals surface area contributed by atoms with E-state index in [1.807, 2.05) is 26.2 Å². The Hall–Kier alpha value is -2.55. The van der Waals surface area contributed by atoms with Gasteiger partial charge in [0.2, 0.25) is 15.9 Å². The van der Waals surface area contributed by atoms with Crippen LogP contribution in [-0.2, 0) is 14.8 Å². The number of carbonyl (C=O) groups excluding carboxylic acids is 1. The number of piperidine rings is 1. The SMILES string of the molecule is Cc1ccc(S(=O)(=O)N2CCCC(C(=O)Nc3nc(-c4cc(C)ccc4C)cs3)C2)cc1. The number of hydrogen-bond donors (Lipinski definition) is 1. The number of nitrogens with one attached hydrogen (secondary N) is 1. The predicted molar refractivity (Wildman–Crippen MR) is 128 cm³/mol. The zero-order chi connectivity index (χ0) is 22.9. The molecule has 0 saturated carbocycles. The number of anilines is 1. The summed E-state index contributed by atoms with van der Waals surface area (Å²) in [5.41, 5.74) is 5.17. The lowest BCUT2D eigenvalue weighted by Gasteiger charge is -2.31. The molecule has 1 amide bonds. The number of amides is 1. The van der Waals surface area contributed by atoms with Crippen LogP contribution in [0.4, 0.5) is 5.13 Å². The van der Waals surface area contributed by atoms with Gasteiger partial charge in [-0.2, -0.15) is 4.31 Å². The Morgan fingerprint density at radius 2 is 1.81 bits per heavy atom. The molecule has 8 heteroatoms. The summed E-state index contributed by atoms with van der Waals surface area (Å²) >= 11 is 1.38. The molecule has 1 aromatic heterocycles. The highest BCUT2D eigenvalue weighted by Crippen LogP contribution is 2.30. The highest BCUT2D eigenvalue weighted by atomic mass is 32.2. The lowest BCUT2D eigenvalue weighted by molar-refractivity contribution is -0.120. The summed E-state index contributed by atoms with van der Waals surface area (Å²) in [6, 6.07) is 13.0. The van der Waals surface area contributed by atoms with Crippen molar-refractivity contribution in [3.05, 3.63) is 64.5 Å². The predicted octanol–water partition coefficient (Wildman–Crippen LogP) is 4.77. The van der Waals surface area contributed by atoms with E-state index in [-0.39, 0.29) is 17.3 Å². The molecule has 1 atom stereocenters. The standard InChI is InChI=1S/C24H27N3O3S2/c1-16-7-10-20(11-8-16)32(29,30)27-12-4-5-19(14-27)23(28)26-24-25-22(15-31-24)21-13-17(2)6-9-18(21)3/h6-11,13,15,19H,4-5,12,14H2,1-3H3,(H,25,26,28). The minimum absolute atomic E-state index is 0.178. The highest BCUT2D eigenvalue weighted by molar-refractivity contribution is 7.89. The summed E-state index contributed by atoms with van der Waals surface area (Å²) in [4.78, 5) is 17.8. The number of rotatable bonds is 5. The molecule has 6 nitrogen and oxygen atoms in total. The van der Waals surface area contributed by atoms with Crippen LogP contribution in [0.2, 0.25) is 0 Å². The molecule has 0 radical (unpaired) electrons. The van der Waals surface area contributed by atoms with Gasteiger partial charge in [-0.3, -0.25) is 4.79 Å². The second-order valence-electron chi connectivity index (χ2n) is 8.36. The largest absolute Gasteiger partial charge is 0.302 e. The van der Waals surface area contributed by atoms with Gasteiger partial charge >= 0.3 is 0 Å². The van der Waals surface area contributed by atoms with Crippen molar-refractivity contribution in [1.29, 1.82) is 0 Å². The van der Waals surface area contributed by atoms with Crippen LogP contribution >= 0.6 is 11.3 Å². The molecule has 3 aromatic rings. The molecule has 1 aliphatic heterocycles. The van der Waals surface area contributed by atoms with Crippen molar-refractivity contribution >= 4 is 32.4 Å². The Morgan fingerprint density at radius 3 is 2.56 bits per heavy atom. The smallest absolute Gasteiger partial charge is 0.243 e. The number of benzene rings is 2. The average molecular weight is 470 g/mol. The molecule has 0 bridgehead atoms. The molecule has 2 aromatic carbocycles. The fourth-order valence-electron chi connectivity index (χ4n) is 3.91. The van der Waals surface area contributed by atoms with E-state index >= 15 is 0 Å². The molecule has 2 heterocycles. The summed E-state index contributed by atoms with van der Waals surface area (Å²) in [6.45, 7) is 6.60. The maximum Gasteiger partial charge on any atom is 0.243 e. The van der Waals surface area contributed by atoms with Gasteiger partial charge in [0.25, 0.3) is 0 Å². The molecule has 1 unspecified atom stereocenters. The van der Waals surface area contributed by atoms with E-state index in [1.165, 1.54) is 15.6 Å². The van der Waals surface area contributed by atoms with Crippen molar-refractivity contribution in [2.75, 3.05) is 18.4 Å². The average Bonchev–Trinajstić information content (AvgIpc) is 3.24. The third-order valence-corrected chi connectivity index (χ3v) is 8.45. The van der Waals surface area contributed by atoms with Gasteiger partial charge in [-0.25, -0.2) is 13.4 Å². The second kappa shape index (κ2) is 9.13. The molecule has 1 saturated heterocycles. The molecule has 1 aliphatic rings. The van der Waals surface area contributed by atoms with E-state index in [4.69, 9.17) is 0 Å². The number of hydrogen-bond acceptors (Lipinski definition) is 5. The molecule has 32 heavy (non-hydrogen) atoms. The maximum atomic E-state index is 13.0. The van der Waals surface area contributed by atoms with Gasteiger partial charge in [0.15, 0.2) is 5.13 Å². The summed E-state index contributed by atoms with van der Waals surface area (Å²) in [5.74, 6) is -0.590. The van der Waals surface area contributed by atoms with Crippen molar-refractivity contribution < 1.29 is 13.2 Å². The maximum absolute atomic E-state index is 13.0. The van der Waals surface area contributed by atoms with Gasteiger partial charge in [-0.15, -0.1) is 11.3 Å².